The van der Waals surface area contributed by atoms with E-state index >= 15 is 0 Å². The van der Waals surface area contributed by atoms with E-state index in [4.69, 9.17) is 14.2 Å². The van der Waals surface area contributed by atoms with E-state index in [1.54, 1.807) is 36.4 Å². The minimum Gasteiger partial charge on any atom is -0.490 e. The second-order valence-corrected chi connectivity index (χ2v) is 9.27. The Morgan fingerprint density at radius 2 is 1.81 bits per heavy atom. The van der Waals surface area contributed by atoms with Gasteiger partial charge in [-0.1, -0.05) is 48.0 Å². The number of halogens is 1. The Bertz CT molecular complexity index is 1610. The molecule has 0 atom stereocenters. The third-order valence-corrected chi connectivity index (χ3v) is 6.29. The predicted octanol–water partition coefficient (Wildman–Crippen LogP) is 6.87. The minimum absolute atomic E-state index is 0.155. The van der Waals surface area contributed by atoms with Gasteiger partial charge in [0.05, 0.1) is 16.6 Å². The van der Waals surface area contributed by atoms with Gasteiger partial charge in [0.25, 0.3) is 0 Å². The van der Waals surface area contributed by atoms with Gasteiger partial charge in [0.1, 0.15) is 0 Å². The average molecular weight is 556 g/mol. The Kier molecular flexibility index (Phi) is 6.88. The van der Waals surface area contributed by atoms with Crippen LogP contribution in [0.5, 0.6) is 11.5 Å². The number of fused-ring (bicyclic) bond motifs is 1. The Balaban J connectivity index is 1.45. The van der Waals surface area contributed by atoms with E-state index in [1.165, 1.54) is 0 Å². The molecule has 0 spiro atoms. The molecule has 0 amide bonds. The molecule has 1 aliphatic rings. The lowest BCUT2D eigenvalue weighted by Gasteiger charge is -2.14. The van der Waals surface area contributed by atoms with Crippen LogP contribution < -0.4 is 9.47 Å². The van der Waals surface area contributed by atoms with Crippen LogP contribution in [0.4, 0.5) is 0 Å². The van der Waals surface area contributed by atoms with Gasteiger partial charge in [-0.05, 0) is 88.6 Å². The number of cyclic esters (lactones) is 1. The molecule has 0 radical (unpaired) electrons. The van der Waals surface area contributed by atoms with Crippen LogP contribution in [0.25, 0.3) is 16.8 Å². The second kappa shape index (κ2) is 10.4. The molecule has 0 N–H and O–H groups in total. The molecule has 0 saturated carbocycles. The molecule has 0 saturated heterocycles. The van der Waals surface area contributed by atoms with Gasteiger partial charge in [0, 0.05) is 5.56 Å². The molecule has 7 heteroatoms. The van der Waals surface area contributed by atoms with Crippen LogP contribution in [0.3, 0.4) is 0 Å². The van der Waals surface area contributed by atoms with Gasteiger partial charge in [0.2, 0.25) is 5.90 Å². The molecular weight excluding hydrogens is 534 g/mol. The zero-order chi connectivity index (χ0) is 25.9. The maximum atomic E-state index is 12.7. The van der Waals surface area contributed by atoms with Crippen LogP contribution in [-0.4, -0.2) is 24.4 Å². The van der Waals surface area contributed by atoms with Crippen molar-refractivity contribution in [1.29, 1.82) is 0 Å². The summed E-state index contributed by atoms with van der Waals surface area (Å²) in [7, 11) is 0. The molecule has 4 aromatic carbocycles. The van der Waals surface area contributed by atoms with E-state index < -0.39 is 11.9 Å². The number of nitrogens with zero attached hydrogens (tertiary/aromatic N) is 1. The Hall–Kier alpha value is -4.23. The molecule has 0 bridgehead atoms. The number of esters is 2. The lowest BCUT2D eigenvalue weighted by molar-refractivity contribution is -0.129. The number of rotatable bonds is 6. The van der Waals surface area contributed by atoms with Gasteiger partial charge in [-0.3, -0.25) is 0 Å². The Morgan fingerprint density at radius 3 is 2.59 bits per heavy atom. The van der Waals surface area contributed by atoms with Crippen LogP contribution in [0.2, 0.25) is 0 Å². The van der Waals surface area contributed by atoms with Crippen molar-refractivity contribution in [2.24, 2.45) is 4.99 Å². The monoisotopic (exact) mass is 555 g/mol. The highest BCUT2D eigenvalue weighted by Gasteiger charge is 2.25. The molecule has 0 fully saturated rings. The third-order valence-electron chi connectivity index (χ3n) is 5.70. The molecule has 37 heavy (non-hydrogen) atoms. The Labute approximate surface area is 222 Å². The van der Waals surface area contributed by atoms with Gasteiger partial charge in [-0.25, -0.2) is 14.6 Å². The molecule has 1 aliphatic heterocycles. The van der Waals surface area contributed by atoms with E-state index in [0.717, 1.165) is 16.3 Å². The highest BCUT2D eigenvalue weighted by molar-refractivity contribution is 9.10. The molecule has 4 aromatic rings. The largest absolute Gasteiger partial charge is 0.490 e. The van der Waals surface area contributed by atoms with E-state index in [-0.39, 0.29) is 17.3 Å². The molecule has 0 aliphatic carbocycles. The van der Waals surface area contributed by atoms with Crippen molar-refractivity contribution in [3.8, 4) is 11.5 Å². The van der Waals surface area contributed by atoms with Crippen LogP contribution in [-0.2, 0) is 9.53 Å². The molecule has 184 valence electrons. The molecule has 1 heterocycles. The molecular formula is C30H22BrNO5. The number of benzene rings is 4. The molecule has 0 aromatic heterocycles. The highest BCUT2D eigenvalue weighted by atomic mass is 79.9. The van der Waals surface area contributed by atoms with Gasteiger partial charge in [0.15, 0.2) is 17.2 Å². The standard InChI is InChI=1S/C30H22BrNO5/c1-3-35-26-16-19(14-24(31)27(26)36-29(33)23-10-6-7-18(2)13-23)15-25-30(34)37-28(32-25)22-12-11-20-8-4-5-9-21(20)17-22/h4-17H,3H2,1-2H3/b25-15-. The average Bonchev–Trinajstić information content (AvgIpc) is 3.25. The predicted molar refractivity (Wildman–Crippen MR) is 146 cm³/mol. The third kappa shape index (κ3) is 5.32. The highest BCUT2D eigenvalue weighted by Crippen LogP contribution is 2.38. The maximum Gasteiger partial charge on any atom is 0.363 e. The van der Waals surface area contributed by atoms with Crippen molar-refractivity contribution in [1.82, 2.24) is 0 Å². The van der Waals surface area contributed by atoms with Gasteiger partial charge < -0.3 is 14.2 Å². The minimum atomic E-state index is -0.549. The quantitative estimate of drug-likeness (QED) is 0.147. The number of hydrogen-bond donors (Lipinski definition) is 0. The number of carbonyl (C=O) groups is 2. The fraction of sp³-hybridized carbons (Fsp3) is 0.100. The first-order valence-corrected chi connectivity index (χ1v) is 12.5. The lowest BCUT2D eigenvalue weighted by Crippen LogP contribution is -2.10. The summed E-state index contributed by atoms with van der Waals surface area (Å²) in [5, 5.41) is 2.11. The van der Waals surface area contributed by atoms with Crippen molar-refractivity contribution in [2.45, 2.75) is 13.8 Å². The fourth-order valence-corrected chi connectivity index (χ4v) is 4.51. The maximum absolute atomic E-state index is 12.7. The summed E-state index contributed by atoms with van der Waals surface area (Å²) in [6.45, 7) is 4.09. The summed E-state index contributed by atoms with van der Waals surface area (Å²) in [6, 6.07) is 24.3. The molecule has 6 nitrogen and oxygen atoms in total. The first kappa shape index (κ1) is 24.5. The van der Waals surface area contributed by atoms with E-state index in [2.05, 4.69) is 20.9 Å². The van der Waals surface area contributed by atoms with Gasteiger partial charge in [-0.15, -0.1) is 0 Å². The summed E-state index contributed by atoms with van der Waals surface area (Å²) < 4.78 is 17.4. The van der Waals surface area contributed by atoms with Crippen LogP contribution in [0, 0.1) is 6.92 Å². The molecule has 0 unspecified atom stereocenters. The summed E-state index contributed by atoms with van der Waals surface area (Å²) >= 11 is 3.48. The van der Waals surface area contributed by atoms with Crippen molar-refractivity contribution in [3.63, 3.8) is 0 Å². The first-order valence-electron chi connectivity index (χ1n) is 11.7. The fourth-order valence-electron chi connectivity index (χ4n) is 3.97. The number of ether oxygens (including phenoxy) is 3. The lowest BCUT2D eigenvalue weighted by atomic mass is 10.1. The van der Waals surface area contributed by atoms with Crippen LogP contribution in [0.1, 0.15) is 34.0 Å². The summed E-state index contributed by atoms with van der Waals surface area (Å²) in [5.74, 6) is -0.192. The van der Waals surface area contributed by atoms with Crippen LogP contribution >= 0.6 is 15.9 Å². The number of aliphatic imine (C=N–C) groups is 1. The van der Waals surface area contributed by atoms with Crippen molar-refractivity contribution in [3.05, 3.63) is 111 Å². The number of hydrogen-bond acceptors (Lipinski definition) is 6. The van der Waals surface area contributed by atoms with E-state index in [0.29, 0.717) is 33.5 Å². The zero-order valence-electron chi connectivity index (χ0n) is 20.2. The first-order chi connectivity index (χ1) is 17.9. The number of carbonyl (C=O) groups excluding carboxylic acids is 2. The number of aryl methyl sites for hydroxylation is 1. The van der Waals surface area contributed by atoms with Crippen LogP contribution in [0.15, 0.2) is 94.0 Å². The van der Waals surface area contributed by atoms with Gasteiger partial charge >= 0.3 is 11.9 Å². The van der Waals surface area contributed by atoms with Crippen molar-refractivity contribution < 1.29 is 23.8 Å². The smallest absolute Gasteiger partial charge is 0.363 e. The summed E-state index contributed by atoms with van der Waals surface area (Å²) in [5.41, 5.74) is 2.88. The zero-order valence-corrected chi connectivity index (χ0v) is 21.7. The van der Waals surface area contributed by atoms with Crippen molar-refractivity contribution in [2.75, 3.05) is 6.61 Å². The summed E-state index contributed by atoms with van der Waals surface area (Å²) in [4.78, 5) is 29.8. The van der Waals surface area contributed by atoms with E-state index in [9.17, 15) is 9.59 Å². The second-order valence-electron chi connectivity index (χ2n) is 8.42. The SMILES string of the molecule is CCOc1cc(/C=C2\N=C(c3ccc4ccccc4c3)OC2=O)cc(Br)c1OC(=O)c1cccc(C)c1. The molecule has 5 rings (SSSR count). The normalized spacial score (nSPS) is 14.0. The van der Waals surface area contributed by atoms with Gasteiger partial charge in [-0.2, -0.15) is 0 Å². The Morgan fingerprint density at radius 1 is 1.00 bits per heavy atom. The van der Waals surface area contributed by atoms with E-state index in [1.807, 2.05) is 62.4 Å². The topological polar surface area (TPSA) is 74.2 Å². The summed E-state index contributed by atoms with van der Waals surface area (Å²) in [6.07, 6.45) is 1.61. The van der Waals surface area contributed by atoms with Crippen molar-refractivity contribution >= 4 is 50.6 Å².